The molecule has 72 valence electrons. The van der Waals surface area contributed by atoms with Gasteiger partial charge in [0.15, 0.2) is 5.58 Å². The Balaban J connectivity index is 2.38. The Kier molecular flexibility index (Phi) is 2.31. The largest absolute Gasteiger partial charge is 0.356 e. The molecule has 1 heterocycles. The van der Waals surface area contributed by atoms with Gasteiger partial charge in [-0.1, -0.05) is 24.2 Å². The van der Waals surface area contributed by atoms with E-state index in [1.807, 2.05) is 31.2 Å². The van der Waals surface area contributed by atoms with E-state index in [1.165, 1.54) is 0 Å². The molecule has 0 atom stereocenters. The summed E-state index contributed by atoms with van der Waals surface area (Å²) in [6, 6.07) is 7.57. The van der Waals surface area contributed by atoms with Gasteiger partial charge < -0.3 is 4.52 Å². The summed E-state index contributed by atoms with van der Waals surface area (Å²) in [7, 11) is 0. The molecule has 14 heavy (non-hydrogen) atoms. The third-order valence-electron chi connectivity index (χ3n) is 2.21. The maximum atomic E-state index is 11.2. The van der Waals surface area contributed by atoms with Crippen molar-refractivity contribution in [2.45, 2.75) is 19.8 Å². The average molecular weight is 189 g/mol. The van der Waals surface area contributed by atoms with Crippen LogP contribution in [0, 0.1) is 0 Å². The zero-order valence-corrected chi connectivity index (χ0v) is 7.99. The first-order valence-corrected chi connectivity index (χ1v) is 4.66. The number of para-hydroxylation sites is 1. The molecule has 0 N–H and O–H groups in total. The van der Waals surface area contributed by atoms with Crippen molar-refractivity contribution in [1.29, 1.82) is 0 Å². The van der Waals surface area contributed by atoms with Crippen LogP contribution >= 0.6 is 0 Å². The highest BCUT2D eigenvalue weighted by Crippen LogP contribution is 2.18. The van der Waals surface area contributed by atoms with Crippen molar-refractivity contribution in [3.05, 3.63) is 30.0 Å². The van der Waals surface area contributed by atoms with Gasteiger partial charge in [-0.15, -0.1) is 0 Å². The van der Waals surface area contributed by atoms with Gasteiger partial charge >= 0.3 is 0 Å². The van der Waals surface area contributed by atoms with Crippen LogP contribution in [0.1, 0.15) is 19.0 Å². The molecule has 2 rings (SSSR count). The Morgan fingerprint density at radius 1 is 1.43 bits per heavy atom. The van der Waals surface area contributed by atoms with Gasteiger partial charge in [0, 0.05) is 11.8 Å². The van der Waals surface area contributed by atoms with Crippen LogP contribution in [-0.4, -0.2) is 10.9 Å². The monoisotopic (exact) mass is 189 g/mol. The van der Waals surface area contributed by atoms with Crippen molar-refractivity contribution >= 4 is 16.8 Å². The van der Waals surface area contributed by atoms with Gasteiger partial charge in [-0.05, 0) is 12.1 Å². The summed E-state index contributed by atoms with van der Waals surface area (Å²) in [6.07, 6.45) is 0.911. The lowest BCUT2D eigenvalue weighted by Crippen LogP contribution is -2.00. The van der Waals surface area contributed by atoms with Crippen LogP contribution in [0.15, 0.2) is 28.8 Å². The summed E-state index contributed by atoms with van der Waals surface area (Å²) >= 11 is 0. The Hall–Kier alpha value is -1.64. The molecule has 0 amide bonds. The van der Waals surface area contributed by atoms with E-state index in [4.69, 9.17) is 4.52 Å². The second kappa shape index (κ2) is 3.62. The van der Waals surface area contributed by atoms with Crippen molar-refractivity contribution in [2.75, 3.05) is 0 Å². The average Bonchev–Trinajstić information content (AvgIpc) is 2.62. The van der Waals surface area contributed by atoms with E-state index in [2.05, 4.69) is 5.16 Å². The first-order chi connectivity index (χ1) is 6.81. The highest BCUT2D eigenvalue weighted by atomic mass is 16.5. The van der Waals surface area contributed by atoms with Crippen LogP contribution in [0.2, 0.25) is 0 Å². The van der Waals surface area contributed by atoms with E-state index in [1.54, 1.807) is 0 Å². The lowest BCUT2D eigenvalue weighted by atomic mass is 10.1. The Morgan fingerprint density at radius 3 is 3.00 bits per heavy atom. The highest BCUT2D eigenvalue weighted by molar-refractivity contribution is 5.87. The summed E-state index contributed by atoms with van der Waals surface area (Å²) in [4.78, 5) is 11.2. The fraction of sp³-hybridized carbons (Fsp3) is 0.273. The van der Waals surface area contributed by atoms with Gasteiger partial charge in [-0.25, -0.2) is 0 Å². The van der Waals surface area contributed by atoms with Crippen LogP contribution in [0.5, 0.6) is 0 Å². The van der Waals surface area contributed by atoms with E-state index in [0.717, 1.165) is 16.7 Å². The molecule has 0 bridgehead atoms. The number of rotatable bonds is 3. The maximum absolute atomic E-state index is 11.2. The number of ketones is 1. The summed E-state index contributed by atoms with van der Waals surface area (Å²) in [5.74, 6) is 0.184. The van der Waals surface area contributed by atoms with Gasteiger partial charge in [-0.2, -0.15) is 0 Å². The second-order valence-corrected chi connectivity index (χ2v) is 3.19. The number of carbonyl (C=O) groups is 1. The lowest BCUT2D eigenvalue weighted by Gasteiger charge is -1.92. The third kappa shape index (κ3) is 1.53. The minimum Gasteiger partial charge on any atom is -0.356 e. The number of hydrogen-bond acceptors (Lipinski definition) is 3. The first kappa shape index (κ1) is 8.94. The van der Waals surface area contributed by atoms with Crippen LogP contribution < -0.4 is 0 Å². The SMILES string of the molecule is CCC(=O)Cc1noc2ccccc12. The minimum absolute atomic E-state index is 0.184. The van der Waals surface area contributed by atoms with Crippen LogP contribution in [0.25, 0.3) is 11.0 Å². The fourth-order valence-electron chi connectivity index (χ4n) is 1.38. The highest BCUT2D eigenvalue weighted by Gasteiger charge is 2.09. The normalized spacial score (nSPS) is 10.6. The number of benzene rings is 1. The van der Waals surface area contributed by atoms with E-state index in [-0.39, 0.29) is 5.78 Å². The molecule has 0 aliphatic heterocycles. The number of carbonyl (C=O) groups excluding carboxylic acids is 1. The van der Waals surface area contributed by atoms with Crippen LogP contribution in [0.4, 0.5) is 0 Å². The molecule has 0 aliphatic rings. The minimum atomic E-state index is 0.184. The molecule has 1 aromatic carbocycles. The molecule has 0 aliphatic carbocycles. The lowest BCUT2D eigenvalue weighted by molar-refractivity contribution is -0.118. The Labute approximate surface area is 81.7 Å². The molecular weight excluding hydrogens is 178 g/mol. The van der Waals surface area contributed by atoms with Crippen LogP contribution in [-0.2, 0) is 11.2 Å². The molecule has 2 aromatic rings. The molecule has 0 radical (unpaired) electrons. The third-order valence-corrected chi connectivity index (χ3v) is 2.21. The first-order valence-electron chi connectivity index (χ1n) is 4.66. The molecule has 3 nitrogen and oxygen atoms in total. The molecule has 0 spiro atoms. The Bertz CT molecular complexity index is 459. The number of nitrogens with zero attached hydrogens (tertiary/aromatic N) is 1. The van der Waals surface area contributed by atoms with Crippen molar-refractivity contribution in [2.24, 2.45) is 0 Å². The summed E-state index contributed by atoms with van der Waals surface area (Å²) < 4.78 is 5.09. The molecule has 1 aromatic heterocycles. The predicted molar refractivity (Wildman–Crippen MR) is 53.0 cm³/mol. The summed E-state index contributed by atoms with van der Waals surface area (Å²) in [6.45, 7) is 1.85. The molecule has 0 fully saturated rings. The van der Waals surface area contributed by atoms with Crippen molar-refractivity contribution < 1.29 is 9.32 Å². The van der Waals surface area contributed by atoms with E-state index in [0.29, 0.717) is 12.8 Å². The standard InChI is InChI=1S/C11H11NO2/c1-2-8(13)7-10-9-5-3-4-6-11(9)14-12-10/h3-6H,2,7H2,1H3. The van der Waals surface area contributed by atoms with Crippen molar-refractivity contribution in [1.82, 2.24) is 5.16 Å². The van der Waals surface area contributed by atoms with Gasteiger partial charge in [0.2, 0.25) is 0 Å². The van der Waals surface area contributed by atoms with E-state index >= 15 is 0 Å². The zero-order valence-electron chi connectivity index (χ0n) is 7.99. The van der Waals surface area contributed by atoms with E-state index in [9.17, 15) is 4.79 Å². The smallest absolute Gasteiger partial charge is 0.167 e. The van der Waals surface area contributed by atoms with Crippen LogP contribution in [0.3, 0.4) is 0 Å². The fourth-order valence-corrected chi connectivity index (χ4v) is 1.38. The zero-order chi connectivity index (χ0) is 9.97. The number of Topliss-reactive ketones (excluding diaryl/α,β-unsaturated/α-hetero) is 1. The van der Waals surface area contributed by atoms with Gasteiger partial charge in [0.25, 0.3) is 0 Å². The molecule has 3 heteroatoms. The summed E-state index contributed by atoms with van der Waals surface area (Å²) in [5.41, 5.74) is 1.49. The predicted octanol–water partition coefficient (Wildman–Crippen LogP) is 2.35. The van der Waals surface area contributed by atoms with E-state index < -0.39 is 0 Å². The quantitative estimate of drug-likeness (QED) is 0.744. The molecule has 0 saturated heterocycles. The van der Waals surface area contributed by atoms with Gasteiger partial charge in [0.1, 0.15) is 5.78 Å². The van der Waals surface area contributed by atoms with Gasteiger partial charge in [0.05, 0.1) is 12.1 Å². The summed E-state index contributed by atoms with van der Waals surface area (Å²) in [5, 5.41) is 4.83. The molecule has 0 unspecified atom stereocenters. The topological polar surface area (TPSA) is 43.1 Å². The Morgan fingerprint density at radius 2 is 2.21 bits per heavy atom. The number of hydrogen-bond donors (Lipinski definition) is 0. The van der Waals surface area contributed by atoms with Gasteiger partial charge in [-0.3, -0.25) is 4.79 Å². The molecular formula is C11H11NO2. The van der Waals surface area contributed by atoms with Crippen molar-refractivity contribution in [3.8, 4) is 0 Å². The number of aromatic nitrogens is 1. The number of fused-ring (bicyclic) bond motifs is 1. The molecule has 0 saturated carbocycles. The van der Waals surface area contributed by atoms with Crippen molar-refractivity contribution in [3.63, 3.8) is 0 Å². The second-order valence-electron chi connectivity index (χ2n) is 3.19. The maximum Gasteiger partial charge on any atom is 0.167 e.